The van der Waals surface area contributed by atoms with E-state index >= 15 is 0 Å². The first-order valence-electron chi connectivity index (χ1n) is 12.7. The van der Waals surface area contributed by atoms with Gasteiger partial charge in [-0.1, -0.05) is 25.0 Å². The maximum Gasteiger partial charge on any atom is 0.407 e. The van der Waals surface area contributed by atoms with Crippen molar-refractivity contribution in [3.63, 3.8) is 0 Å². The van der Waals surface area contributed by atoms with E-state index in [0.29, 0.717) is 19.4 Å². The summed E-state index contributed by atoms with van der Waals surface area (Å²) in [6, 6.07) is 10.2. The second kappa shape index (κ2) is 11.0. The van der Waals surface area contributed by atoms with Crippen LogP contribution in [0.25, 0.3) is 21.7 Å². The number of unbranched alkanes of at least 4 members (excludes halogenated alkanes) is 3. The number of anilines is 1. The van der Waals surface area contributed by atoms with Crippen molar-refractivity contribution in [1.82, 2.24) is 10.6 Å². The molecule has 1 aliphatic heterocycles. The van der Waals surface area contributed by atoms with Crippen molar-refractivity contribution in [2.24, 2.45) is 0 Å². The van der Waals surface area contributed by atoms with Gasteiger partial charge in [0.15, 0.2) is 0 Å². The number of alkyl carbamates (subject to hydrolysis) is 1. The fourth-order valence-corrected chi connectivity index (χ4v) is 4.59. The van der Waals surface area contributed by atoms with Crippen molar-refractivity contribution < 1.29 is 23.5 Å². The van der Waals surface area contributed by atoms with Crippen molar-refractivity contribution in [3.05, 3.63) is 42.2 Å². The molecule has 1 unspecified atom stereocenters. The number of nitrogens with one attached hydrogen (secondary N) is 3. The molecule has 0 bridgehead atoms. The predicted molar refractivity (Wildman–Crippen MR) is 140 cm³/mol. The van der Waals surface area contributed by atoms with Gasteiger partial charge in [0, 0.05) is 36.1 Å². The number of carbonyl (C=O) groups is 3. The zero-order chi connectivity index (χ0) is 25.7. The van der Waals surface area contributed by atoms with Crippen molar-refractivity contribution in [2.45, 2.75) is 70.8 Å². The summed E-state index contributed by atoms with van der Waals surface area (Å²) in [6.07, 6.45) is 6.18. The number of amides is 3. The third-order valence-electron chi connectivity index (χ3n) is 6.30. The number of piperidine rings is 1. The first-order chi connectivity index (χ1) is 17.2. The highest BCUT2D eigenvalue weighted by Gasteiger charge is 2.31. The van der Waals surface area contributed by atoms with Gasteiger partial charge in [-0.2, -0.15) is 0 Å². The van der Waals surface area contributed by atoms with Gasteiger partial charge < -0.3 is 19.8 Å². The number of fused-ring (bicyclic) bond motifs is 3. The zero-order valence-electron chi connectivity index (χ0n) is 21.2. The van der Waals surface area contributed by atoms with Crippen LogP contribution in [0.1, 0.15) is 70.8 Å². The molecular formula is C28H35N3O5. The van der Waals surface area contributed by atoms with Crippen molar-refractivity contribution in [3.8, 4) is 0 Å². The number of ether oxygens (including phenoxy) is 1. The van der Waals surface area contributed by atoms with Crippen LogP contribution in [0.2, 0.25) is 0 Å². The normalized spacial score (nSPS) is 16.2. The van der Waals surface area contributed by atoms with Crippen LogP contribution in [-0.4, -0.2) is 36.6 Å². The molecule has 3 aromatic rings. The quantitative estimate of drug-likeness (QED) is 0.264. The number of hydrogen-bond donors (Lipinski definition) is 3. The number of rotatable bonds is 9. The van der Waals surface area contributed by atoms with Crippen LogP contribution in [-0.2, 0) is 14.3 Å². The average Bonchev–Trinajstić information content (AvgIpc) is 3.24. The molecule has 1 aromatic heterocycles. The highest BCUT2D eigenvalue weighted by molar-refractivity contribution is 6.11. The number of imide groups is 1. The number of furan rings is 1. The van der Waals surface area contributed by atoms with Gasteiger partial charge in [-0.3, -0.25) is 14.9 Å². The molecule has 1 aliphatic rings. The van der Waals surface area contributed by atoms with E-state index in [2.05, 4.69) is 28.1 Å². The Morgan fingerprint density at radius 2 is 1.86 bits per heavy atom. The van der Waals surface area contributed by atoms with Gasteiger partial charge in [-0.15, -0.1) is 0 Å². The van der Waals surface area contributed by atoms with Crippen molar-refractivity contribution >= 4 is 45.3 Å². The molecule has 3 N–H and O–H groups in total. The van der Waals surface area contributed by atoms with E-state index in [-0.39, 0.29) is 23.8 Å². The standard InChI is InChI=1S/C28H35N3O5/c1-28(2,3)36-27(34)30-15-7-5-4-6-14-29-19-9-10-20-18(16-19)8-12-23-25(20)22(17-35-23)21-11-13-24(32)31-26(21)33/h8-10,12,16-17,21,29H,4-7,11,13-15H2,1-3H3,(H,30,34)(H,31,32,33). The Morgan fingerprint density at radius 1 is 1.08 bits per heavy atom. The summed E-state index contributed by atoms with van der Waals surface area (Å²) in [5, 5.41) is 11.8. The molecule has 8 heteroatoms. The van der Waals surface area contributed by atoms with Gasteiger partial charge in [0.05, 0.1) is 12.2 Å². The highest BCUT2D eigenvalue weighted by Crippen LogP contribution is 2.37. The van der Waals surface area contributed by atoms with Crippen LogP contribution in [0, 0.1) is 0 Å². The average molecular weight is 494 g/mol. The Kier molecular flexibility index (Phi) is 7.82. The van der Waals surface area contributed by atoms with Crippen LogP contribution in [0.5, 0.6) is 0 Å². The van der Waals surface area contributed by atoms with E-state index in [1.807, 2.05) is 39.0 Å². The lowest BCUT2D eigenvalue weighted by Gasteiger charge is -2.20. The van der Waals surface area contributed by atoms with Gasteiger partial charge in [0.1, 0.15) is 11.2 Å². The van der Waals surface area contributed by atoms with Gasteiger partial charge in [0.25, 0.3) is 0 Å². The fourth-order valence-electron chi connectivity index (χ4n) is 4.59. The first-order valence-corrected chi connectivity index (χ1v) is 12.7. The molecule has 3 amide bonds. The lowest BCUT2D eigenvalue weighted by Crippen LogP contribution is -2.39. The van der Waals surface area contributed by atoms with Gasteiger partial charge in [0.2, 0.25) is 11.8 Å². The number of carbonyl (C=O) groups excluding carboxylic acids is 3. The maximum atomic E-state index is 12.4. The van der Waals surface area contributed by atoms with Crippen molar-refractivity contribution in [2.75, 3.05) is 18.4 Å². The maximum absolute atomic E-state index is 12.4. The minimum Gasteiger partial charge on any atom is -0.464 e. The Labute approximate surface area is 211 Å². The lowest BCUT2D eigenvalue weighted by atomic mass is 9.89. The Bertz CT molecular complexity index is 1260. The summed E-state index contributed by atoms with van der Waals surface area (Å²) < 4.78 is 11.0. The highest BCUT2D eigenvalue weighted by atomic mass is 16.6. The molecule has 8 nitrogen and oxygen atoms in total. The van der Waals surface area contributed by atoms with E-state index in [0.717, 1.165) is 65.2 Å². The molecule has 4 rings (SSSR count). The molecule has 1 saturated heterocycles. The monoisotopic (exact) mass is 493 g/mol. The summed E-state index contributed by atoms with van der Waals surface area (Å²) in [7, 11) is 0. The van der Waals surface area contributed by atoms with Crippen LogP contribution >= 0.6 is 0 Å². The first kappa shape index (κ1) is 25.5. The number of hydrogen-bond acceptors (Lipinski definition) is 6. The van der Waals surface area contributed by atoms with Crippen LogP contribution in [0.4, 0.5) is 10.5 Å². The summed E-state index contributed by atoms with van der Waals surface area (Å²) in [5.74, 6) is -0.862. The molecule has 0 saturated carbocycles. The van der Waals surface area contributed by atoms with Crippen LogP contribution in [0.15, 0.2) is 41.0 Å². The van der Waals surface area contributed by atoms with Crippen LogP contribution < -0.4 is 16.0 Å². The molecule has 2 aromatic carbocycles. The summed E-state index contributed by atoms with van der Waals surface area (Å²) in [4.78, 5) is 35.6. The van der Waals surface area contributed by atoms with E-state index in [1.165, 1.54) is 0 Å². The van der Waals surface area contributed by atoms with Crippen LogP contribution in [0.3, 0.4) is 0 Å². The minimum atomic E-state index is -0.473. The predicted octanol–water partition coefficient (Wildman–Crippen LogP) is 5.60. The Morgan fingerprint density at radius 3 is 2.61 bits per heavy atom. The molecule has 192 valence electrons. The smallest absolute Gasteiger partial charge is 0.407 e. The van der Waals surface area contributed by atoms with Gasteiger partial charge in [-0.05, 0) is 69.0 Å². The lowest BCUT2D eigenvalue weighted by molar-refractivity contribution is -0.134. The topological polar surface area (TPSA) is 110 Å². The second-order valence-corrected chi connectivity index (χ2v) is 10.3. The second-order valence-electron chi connectivity index (χ2n) is 10.3. The number of benzene rings is 2. The van der Waals surface area contributed by atoms with Gasteiger partial charge >= 0.3 is 6.09 Å². The van der Waals surface area contributed by atoms with Crippen molar-refractivity contribution in [1.29, 1.82) is 0 Å². The molecular weight excluding hydrogens is 458 g/mol. The third-order valence-corrected chi connectivity index (χ3v) is 6.30. The summed E-state index contributed by atoms with van der Waals surface area (Å²) in [5.41, 5.74) is 2.14. The summed E-state index contributed by atoms with van der Waals surface area (Å²) in [6.45, 7) is 7.04. The minimum absolute atomic E-state index is 0.220. The van der Waals surface area contributed by atoms with E-state index in [4.69, 9.17) is 9.15 Å². The third kappa shape index (κ3) is 6.36. The molecule has 0 aliphatic carbocycles. The fraction of sp³-hybridized carbons (Fsp3) is 0.464. The molecule has 36 heavy (non-hydrogen) atoms. The SMILES string of the molecule is CC(C)(C)OC(=O)NCCCCCCNc1ccc2c(ccc3occ(C4CCC(=O)NC4=O)c32)c1. The molecule has 0 spiro atoms. The Balaban J connectivity index is 1.28. The zero-order valence-corrected chi connectivity index (χ0v) is 21.2. The van der Waals surface area contributed by atoms with Gasteiger partial charge in [-0.25, -0.2) is 4.79 Å². The van der Waals surface area contributed by atoms with E-state index in [1.54, 1.807) is 6.26 Å². The molecule has 2 heterocycles. The molecule has 1 fully saturated rings. The Hall–Kier alpha value is -3.55. The van der Waals surface area contributed by atoms with E-state index in [9.17, 15) is 14.4 Å². The molecule has 1 atom stereocenters. The molecule has 0 radical (unpaired) electrons. The largest absolute Gasteiger partial charge is 0.464 e. The van der Waals surface area contributed by atoms with E-state index < -0.39 is 5.60 Å². The summed E-state index contributed by atoms with van der Waals surface area (Å²) >= 11 is 0.